The van der Waals surface area contributed by atoms with Crippen molar-refractivity contribution in [1.29, 1.82) is 5.26 Å². The summed E-state index contributed by atoms with van der Waals surface area (Å²) in [5.41, 5.74) is -1.77. The Hall–Kier alpha value is -5.04. The summed E-state index contributed by atoms with van der Waals surface area (Å²) in [5.74, 6) is -6.19. The number of H-pyrrole nitrogens is 1. The third kappa shape index (κ3) is 5.54. The van der Waals surface area contributed by atoms with Crippen molar-refractivity contribution in [3.8, 4) is 11.8 Å². The van der Waals surface area contributed by atoms with Crippen LogP contribution in [0.5, 0.6) is 5.75 Å². The number of rotatable bonds is 7. The van der Waals surface area contributed by atoms with Crippen molar-refractivity contribution < 1.29 is 47.2 Å². The number of aliphatic hydroxyl groups is 1. The molecule has 2 saturated heterocycles. The first-order chi connectivity index (χ1) is 29.5. The number of ether oxygens (including phenoxy) is 4. The topological polar surface area (TPSA) is 158 Å². The Bertz CT molecular complexity index is 2440. The van der Waals surface area contributed by atoms with Crippen LogP contribution in [0.25, 0.3) is 10.9 Å². The number of fused-ring (bicyclic) bond motifs is 6. The number of aromatic amines is 1. The molecule has 3 aromatic rings. The number of carbonyl (C=O) groups is 3. The van der Waals surface area contributed by atoms with Crippen molar-refractivity contribution in [1.82, 2.24) is 14.8 Å². The molecule has 6 heterocycles. The number of halogens is 2. The molecule has 0 amide bonds. The Morgan fingerprint density at radius 1 is 1.05 bits per heavy atom. The van der Waals surface area contributed by atoms with Crippen molar-refractivity contribution in [3.05, 3.63) is 70.4 Å². The van der Waals surface area contributed by atoms with Gasteiger partial charge in [0.2, 0.25) is 11.5 Å². The van der Waals surface area contributed by atoms with Gasteiger partial charge in [0.25, 0.3) is 0 Å². The minimum absolute atomic E-state index is 0.0902. The van der Waals surface area contributed by atoms with E-state index in [0.717, 1.165) is 23.4 Å². The molecule has 330 valence electrons. The number of nitriles is 1. The standard InChI is InChI=1S/C47H55F2N5O8/c1-8-44-13-9-15-54-17-14-45(38(44)54)32-20-33(36(59-5)21-35(32)52(4)39(45)47(58,42(57)61-7)40(44)62-26(2)55)46(41(56)60-6)22-28-18-29(43(3,48)49)25-53(24-28)16-12-30-31-19-27(23-50)10-11-34(31)51-37(30)46/h9-11,13,19-21,28-29,38-40,51,58H,8,12,14-18,22,24-25H2,1-7H3/t28?,29?,38?,39?,40-,44-,45?,46-,47+/m0/s1. The number of esters is 3. The molecule has 1 aromatic heterocycles. The van der Waals surface area contributed by atoms with Crippen LogP contribution in [0.4, 0.5) is 14.5 Å². The number of hydrogen-bond acceptors (Lipinski definition) is 12. The van der Waals surface area contributed by atoms with Gasteiger partial charge in [-0.1, -0.05) is 19.1 Å². The number of hydrogen-bond donors (Lipinski definition) is 2. The molecular weight excluding hydrogens is 801 g/mol. The highest BCUT2D eigenvalue weighted by molar-refractivity contribution is 5.95. The first kappa shape index (κ1) is 42.3. The summed E-state index contributed by atoms with van der Waals surface area (Å²) in [7, 11) is 5.86. The van der Waals surface area contributed by atoms with Crippen molar-refractivity contribution in [3.63, 3.8) is 0 Å². The number of benzene rings is 2. The summed E-state index contributed by atoms with van der Waals surface area (Å²) >= 11 is 0. The molecule has 1 saturated carbocycles. The van der Waals surface area contributed by atoms with Gasteiger partial charge in [0.05, 0.1) is 39.0 Å². The number of methoxy groups -OCH3 is 3. The Kier molecular flexibility index (Phi) is 9.89. The van der Waals surface area contributed by atoms with Crippen LogP contribution in [-0.2, 0) is 45.8 Å². The highest BCUT2D eigenvalue weighted by Gasteiger charge is 2.80. The smallest absolute Gasteiger partial charge is 0.344 e. The highest BCUT2D eigenvalue weighted by atomic mass is 19.3. The van der Waals surface area contributed by atoms with E-state index in [1.807, 2.05) is 42.2 Å². The fraction of sp³-hybridized carbons (Fsp3) is 0.574. The molecule has 0 radical (unpaired) electrons. The lowest BCUT2D eigenvalue weighted by molar-refractivity contribution is -0.228. The molecule has 2 aromatic carbocycles. The maximum Gasteiger partial charge on any atom is 0.344 e. The second-order valence-electron chi connectivity index (χ2n) is 18.7. The van der Waals surface area contributed by atoms with Crippen molar-refractivity contribution >= 4 is 34.5 Å². The zero-order valence-electron chi connectivity index (χ0n) is 36.3. The zero-order chi connectivity index (χ0) is 44.3. The van der Waals surface area contributed by atoms with Crippen LogP contribution in [0.2, 0.25) is 0 Å². The van der Waals surface area contributed by atoms with Crippen molar-refractivity contribution in [2.45, 2.75) is 93.4 Å². The van der Waals surface area contributed by atoms with E-state index in [2.05, 4.69) is 20.9 Å². The maximum atomic E-state index is 15.4. The molecule has 13 nitrogen and oxygen atoms in total. The van der Waals surface area contributed by atoms with Crippen LogP contribution in [0, 0.1) is 28.6 Å². The van der Waals surface area contributed by atoms with Crippen LogP contribution in [-0.4, -0.2) is 129 Å². The second kappa shape index (κ2) is 14.5. The summed E-state index contributed by atoms with van der Waals surface area (Å²) in [5, 5.41) is 24.1. The van der Waals surface area contributed by atoms with Crippen LogP contribution in [0.3, 0.4) is 0 Å². The van der Waals surface area contributed by atoms with E-state index >= 15 is 13.6 Å². The van der Waals surface area contributed by atoms with E-state index < -0.39 is 69.8 Å². The van der Waals surface area contributed by atoms with Gasteiger partial charge in [0.1, 0.15) is 11.2 Å². The molecular formula is C47H55F2N5O8. The maximum absolute atomic E-state index is 15.4. The van der Waals surface area contributed by atoms with Gasteiger partial charge < -0.3 is 38.8 Å². The number of carbonyl (C=O) groups excluding carboxylic acids is 3. The summed E-state index contributed by atoms with van der Waals surface area (Å²) < 4.78 is 54.5. The van der Waals surface area contributed by atoms with E-state index in [0.29, 0.717) is 79.2 Å². The third-order valence-corrected chi connectivity index (χ3v) is 15.8. The van der Waals surface area contributed by atoms with Gasteiger partial charge in [-0.2, -0.15) is 5.26 Å². The average Bonchev–Trinajstić information content (AvgIpc) is 3.91. The Morgan fingerprint density at radius 2 is 1.81 bits per heavy atom. The zero-order valence-corrected chi connectivity index (χ0v) is 36.3. The van der Waals surface area contributed by atoms with E-state index in [1.165, 1.54) is 28.3 Å². The Balaban J connectivity index is 1.37. The summed E-state index contributed by atoms with van der Waals surface area (Å²) in [6.07, 6.45) is 4.22. The predicted octanol–water partition coefficient (Wildman–Crippen LogP) is 4.99. The van der Waals surface area contributed by atoms with Gasteiger partial charge in [-0.25, -0.2) is 13.6 Å². The quantitative estimate of drug-likeness (QED) is 0.187. The fourth-order valence-corrected chi connectivity index (χ4v) is 13.5. The normalized spacial score (nSPS) is 34.7. The molecule has 2 bridgehead atoms. The second-order valence-corrected chi connectivity index (χ2v) is 18.7. The van der Waals surface area contributed by atoms with Gasteiger partial charge in [-0.3, -0.25) is 14.5 Å². The molecule has 9 rings (SSSR count). The van der Waals surface area contributed by atoms with Gasteiger partial charge >= 0.3 is 17.9 Å². The van der Waals surface area contributed by atoms with E-state index in [1.54, 1.807) is 19.2 Å². The monoisotopic (exact) mass is 855 g/mol. The lowest BCUT2D eigenvalue weighted by Crippen LogP contribution is -2.81. The molecule has 62 heavy (non-hydrogen) atoms. The van der Waals surface area contributed by atoms with E-state index in [9.17, 15) is 20.0 Å². The predicted molar refractivity (Wildman–Crippen MR) is 224 cm³/mol. The van der Waals surface area contributed by atoms with Crippen LogP contribution >= 0.6 is 0 Å². The van der Waals surface area contributed by atoms with Crippen LogP contribution in [0.1, 0.15) is 74.4 Å². The third-order valence-electron chi connectivity index (χ3n) is 15.8. The van der Waals surface area contributed by atoms with E-state index in [-0.39, 0.29) is 25.3 Å². The first-order valence-corrected chi connectivity index (χ1v) is 21.6. The minimum Gasteiger partial charge on any atom is -0.496 e. The van der Waals surface area contributed by atoms with Gasteiger partial charge in [-0.05, 0) is 86.9 Å². The number of piperidine rings is 1. The van der Waals surface area contributed by atoms with Crippen LogP contribution < -0.4 is 9.64 Å². The van der Waals surface area contributed by atoms with Crippen LogP contribution in [0.15, 0.2) is 42.5 Å². The largest absolute Gasteiger partial charge is 0.496 e. The Morgan fingerprint density at radius 3 is 2.47 bits per heavy atom. The van der Waals surface area contributed by atoms with Crippen molar-refractivity contribution in [2.75, 3.05) is 66.0 Å². The fourth-order valence-electron chi connectivity index (χ4n) is 13.5. The molecule has 5 aliphatic heterocycles. The van der Waals surface area contributed by atoms with Gasteiger partial charge in [0.15, 0.2) is 6.10 Å². The number of alkyl halides is 2. The number of nitrogens with one attached hydrogen (secondary N) is 1. The molecule has 1 spiro atoms. The molecule has 1 aliphatic carbocycles. The molecule has 10 atom stereocenters. The highest BCUT2D eigenvalue weighted by Crippen LogP contribution is 2.68. The number of anilines is 1. The summed E-state index contributed by atoms with van der Waals surface area (Å²) in [6.45, 7) is 6.51. The minimum atomic E-state index is -2.97. The van der Waals surface area contributed by atoms with Gasteiger partial charge in [0, 0.05) is 96.9 Å². The number of likely N-dealkylation sites (N-methyl/N-ethyl adjacent to an activating group) is 1. The average molecular weight is 856 g/mol. The molecule has 2 N–H and O–H groups in total. The summed E-state index contributed by atoms with van der Waals surface area (Å²) in [4.78, 5) is 52.7. The lowest BCUT2D eigenvalue weighted by atomic mass is 9.47. The number of nitrogens with zero attached hydrogens (tertiary/aromatic N) is 4. The molecule has 3 fully saturated rings. The van der Waals surface area contributed by atoms with Crippen molar-refractivity contribution in [2.24, 2.45) is 17.3 Å². The molecule has 6 unspecified atom stereocenters. The SMILES string of the molecule is CC[C@@]12C=CCN3CCC4(c5cc([C@@]6(C(=O)OC)CC7CC(C(C)(F)F)CN(CCc8c6[nH]c6ccc(C#N)cc86)C7)c(OC)cc5N(C)C4[C@](O)(C(=O)OC)[C@H]1OC(C)=O)C32. The molecule has 6 aliphatic rings. The molecule has 15 heteroatoms. The number of aromatic nitrogens is 1. The Labute approximate surface area is 359 Å². The lowest BCUT2D eigenvalue weighted by Gasteiger charge is -2.63. The first-order valence-electron chi connectivity index (χ1n) is 21.6. The van der Waals surface area contributed by atoms with E-state index in [4.69, 9.17) is 18.9 Å². The summed E-state index contributed by atoms with van der Waals surface area (Å²) in [6, 6.07) is 10.0. The van der Waals surface area contributed by atoms with Gasteiger partial charge in [-0.15, -0.1) is 0 Å².